The number of rotatable bonds is 6. The van der Waals surface area contributed by atoms with E-state index in [-0.39, 0.29) is 18.5 Å². The van der Waals surface area contributed by atoms with Crippen LogP contribution in [-0.4, -0.2) is 17.7 Å². The second-order valence-corrected chi connectivity index (χ2v) is 8.30. The molecule has 0 bridgehead atoms. The number of esters is 1. The van der Waals surface area contributed by atoms with Crippen LogP contribution < -0.4 is 10.6 Å². The third-order valence-corrected chi connectivity index (χ3v) is 6.80. The number of aromatic nitrogens is 1. The number of carbonyl (C=O) groups excluding carboxylic acids is 1. The van der Waals surface area contributed by atoms with Crippen LogP contribution in [0.3, 0.4) is 0 Å². The fourth-order valence-corrected chi connectivity index (χ4v) is 5.16. The van der Waals surface area contributed by atoms with Gasteiger partial charge >= 0.3 is 5.97 Å². The van der Waals surface area contributed by atoms with Gasteiger partial charge in [0.15, 0.2) is 0 Å². The average Bonchev–Trinajstić information content (AvgIpc) is 3.12. The van der Waals surface area contributed by atoms with E-state index in [1.807, 2.05) is 60.7 Å². The zero-order chi connectivity index (χ0) is 17.7. The number of nitrogens with zero attached hydrogens (tertiary/aromatic N) is 1. The van der Waals surface area contributed by atoms with E-state index in [9.17, 15) is 9.36 Å². The van der Waals surface area contributed by atoms with Gasteiger partial charge in [0.05, 0.1) is 18.5 Å². The lowest BCUT2D eigenvalue weighted by atomic mass is 10.4. The SMILES string of the molecule is CCOC(=O)c1cc(CP(=O)(c2ccccc2)c2ccccc2)no1. The maximum Gasteiger partial charge on any atom is 0.377 e. The molecule has 0 unspecified atom stereocenters. The summed E-state index contributed by atoms with van der Waals surface area (Å²) in [6.45, 7) is 1.97. The molecule has 0 fully saturated rings. The zero-order valence-electron chi connectivity index (χ0n) is 13.8. The van der Waals surface area contributed by atoms with Crippen LogP contribution in [0.1, 0.15) is 23.2 Å². The number of carbonyl (C=O) groups is 1. The predicted octanol–water partition coefficient (Wildman–Crippen LogP) is 3.37. The van der Waals surface area contributed by atoms with Crippen molar-refractivity contribution in [2.75, 3.05) is 6.61 Å². The molecule has 6 heteroatoms. The molecule has 0 aliphatic carbocycles. The lowest BCUT2D eigenvalue weighted by Gasteiger charge is -2.18. The summed E-state index contributed by atoms with van der Waals surface area (Å²) in [7, 11) is -2.95. The van der Waals surface area contributed by atoms with Crippen molar-refractivity contribution in [2.45, 2.75) is 13.1 Å². The van der Waals surface area contributed by atoms with E-state index in [1.54, 1.807) is 6.92 Å². The molecule has 0 amide bonds. The third-order valence-electron chi connectivity index (χ3n) is 3.77. The molecule has 0 atom stereocenters. The van der Waals surface area contributed by atoms with Gasteiger partial charge in [-0.2, -0.15) is 0 Å². The number of benzene rings is 2. The van der Waals surface area contributed by atoms with Gasteiger partial charge in [0.1, 0.15) is 7.14 Å². The van der Waals surface area contributed by atoms with Crippen LogP contribution in [0.5, 0.6) is 0 Å². The molecule has 1 heterocycles. The topological polar surface area (TPSA) is 69.4 Å². The van der Waals surface area contributed by atoms with Crippen molar-refractivity contribution in [3.63, 3.8) is 0 Å². The smallest absolute Gasteiger partial charge is 0.377 e. The van der Waals surface area contributed by atoms with Crippen molar-refractivity contribution in [1.82, 2.24) is 5.16 Å². The largest absolute Gasteiger partial charge is 0.460 e. The van der Waals surface area contributed by atoms with E-state index >= 15 is 0 Å². The minimum atomic E-state index is -2.95. The van der Waals surface area contributed by atoms with Crippen molar-refractivity contribution < 1.29 is 18.6 Å². The summed E-state index contributed by atoms with van der Waals surface area (Å²) < 4.78 is 23.8. The van der Waals surface area contributed by atoms with Gasteiger partial charge in [-0.1, -0.05) is 65.8 Å². The summed E-state index contributed by atoms with van der Waals surface area (Å²) in [5.74, 6) is -0.556. The zero-order valence-corrected chi connectivity index (χ0v) is 14.7. The number of hydrogen-bond acceptors (Lipinski definition) is 5. The number of ether oxygens (including phenoxy) is 1. The Morgan fingerprint density at radius 2 is 1.60 bits per heavy atom. The Morgan fingerprint density at radius 3 is 2.12 bits per heavy atom. The van der Waals surface area contributed by atoms with Gasteiger partial charge in [-0.3, -0.25) is 0 Å². The lowest BCUT2D eigenvalue weighted by molar-refractivity contribution is 0.0479. The molecule has 128 valence electrons. The average molecular weight is 355 g/mol. The van der Waals surface area contributed by atoms with Crippen molar-refractivity contribution in [3.05, 3.63) is 78.2 Å². The highest BCUT2D eigenvalue weighted by Crippen LogP contribution is 2.46. The highest BCUT2D eigenvalue weighted by molar-refractivity contribution is 7.78. The highest BCUT2D eigenvalue weighted by Gasteiger charge is 2.29. The Balaban J connectivity index is 1.97. The summed E-state index contributed by atoms with van der Waals surface area (Å²) in [5.41, 5.74) is 0.457. The maximum absolute atomic E-state index is 13.9. The van der Waals surface area contributed by atoms with E-state index in [2.05, 4.69) is 5.16 Å². The molecule has 3 aromatic rings. The van der Waals surface area contributed by atoms with E-state index in [0.29, 0.717) is 5.69 Å². The fourth-order valence-electron chi connectivity index (χ4n) is 2.58. The molecule has 0 saturated carbocycles. The first-order chi connectivity index (χ1) is 12.1. The van der Waals surface area contributed by atoms with Gasteiger partial charge in [-0.15, -0.1) is 0 Å². The third kappa shape index (κ3) is 3.72. The molecule has 0 spiro atoms. The van der Waals surface area contributed by atoms with Gasteiger partial charge in [-0.25, -0.2) is 4.79 Å². The van der Waals surface area contributed by atoms with Gasteiger partial charge in [0, 0.05) is 16.7 Å². The van der Waals surface area contributed by atoms with Gasteiger partial charge in [0.25, 0.3) is 0 Å². The van der Waals surface area contributed by atoms with Crippen LogP contribution in [0, 0.1) is 0 Å². The summed E-state index contributed by atoms with van der Waals surface area (Å²) in [6, 6.07) is 20.1. The Hall–Kier alpha value is -2.65. The summed E-state index contributed by atoms with van der Waals surface area (Å²) >= 11 is 0. The molecule has 0 radical (unpaired) electrons. The van der Waals surface area contributed by atoms with Crippen LogP contribution >= 0.6 is 7.14 Å². The molecular weight excluding hydrogens is 337 g/mol. The molecule has 2 aromatic carbocycles. The molecule has 3 rings (SSSR count). The fraction of sp³-hybridized carbons (Fsp3) is 0.158. The standard InChI is InChI=1S/C19H18NO4P/c1-2-23-19(21)18-13-15(20-24-18)14-25(22,16-9-5-3-6-10-16)17-11-7-4-8-12-17/h3-13H,2,14H2,1H3. The Kier molecular flexibility index (Phi) is 5.15. The monoisotopic (exact) mass is 355 g/mol. The summed E-state index contributed by atoms with van der Waals surface area (Å²) in [6.07, 6.45) is 0.171. The highest BCUT2D eigenvalue weighted by atomic mass is 31.2. The van der Waals surface area contributed by atoms with Crippen LogP contribution in [0.4, 0.5) is 0 Å². The van der Waals surface area contributed by atoms with Crippen molar-refractivity contribution in [3.8, 4) is 0 Å². The molecule has 25 heavy (non-hydrogen) atoms. The van der Waals surface area contributed by atoms with E-state index < -0.39 is 13.1 Å². The van der Waals surface area contributed by atoms with Crippen LogP contribution in [0.15, 0.2) is 71.3 Å². The lowest BCUT2D eigenvalue weighted by Crippen LogP contribution is -2.17. The normalized spacial score (nSPS) is 11.2. The van der Waals surface area contributed by atoms with Crippen LogP contribution in [0.2, 0.25) is 0 Å². The molecule has 0 aliphatic heterocycles. The molecular formula is C19H18NO4P. The molecule has 5 nitrogen and oxygen atoms in total. The van der Waals surface area contributed by atoms with E-state index in [4.69, 9.17) is 9.26 Å². The Bertz CT molecular complexity index is 847. The molecule has 0 N–H and O–H groups in total. The summed E-state index contributed by atoms with van der Waals surface area (Å²) in [5, 5.41) is 5.38. The van der Waals surface area contributed by atoms with E-state index in [1.165, 1.54) is 6.07 Å². The Labute approximate surface area is 146 Å². The second-order valence-electron chi connectivity index (χ2n) is 5.47. The van der Waals surface area contributed by atoms with Gasteiger partial charge in [0.2, 0.25) is 5.76 Å². The second kappa shape index (κ2) is 7.49. The van der Waals surface area contributed by atoms with Gasteiger partial charge in [-0.05, 0) is 6.92 Å². The Morgan fingerprint density at radius 1 is 1.04 bits per heavy atom. The van der Waals surface area contributed by atoms with Crippen LogP contribution in [-0.2, 0) is 15.5 Å². The molecule has 1 aromatic heterocycles. The number of hydrogen-bond donors (Lipinski definition) is 0. The first-order valence-corrected chi connectivity index (χ1v) is 9.85. The van der Waals surface area contributed by atoms with Crippen molar-refractivity contribution >= 4 is 23.7 Å². The minimum absolute atomic E-state index is 0.0181. The maximum atomic E-state index is 13.9. The predicted molar refractivity (Wildman–Crippen MR) is 95.9 cm³/mol. The van der Waals surface area contributed by atoms with Crippen molar-refractivity contribution in [2.24, 2.45) is 0 Å². The minimum Gasteiger partial charge on any atom is -0.460 e. The van der Waals surface area contributed by atoms with Crippen LogP contribution in [0.25, 0.3) is 0 Å². The molecule has 0 saturated heterocycles. The van der Waals surface area contributed by atoms with Crippen molar-refractivity contribution in [1.29, 1.82) is 0 Å². The van der Waals surface area contributed by atoms with Gasteiger partial charge < -0.3 is 13.8 Å². The summed E-state index contributed by atoms with van der Waals surface area (Å²) in [4.78, 5) is 11.7. The van der Waals surface area contributed by atoms with E-state index in [0.717, 1.165) is 10.6 Å². The quantitative estimate of drug-likeness (QED) is 0.501. The molecule has 0 aliphatic rings. The first kappa shape index (κ1) is 17.2. The first-order valence-electron chi connectivity index (χ1n) is 7.96.